The number of rotatable bonds is 53. The highest BCUT2D eigenvalue weighted by atomic mass is 16.4. The van der Waals surface area contributed by atoms with Crippen LogP contribution in [0.4, 0.5) is 0 Å². The number of aromatic amines is 3. The molecule has 5 aromatic rings. The Labute approximate surface area is 687 Å². The molecular formula is C73H99N23O25. The Morgan fingerprint density at radius 1 is 0.413 bits per heavy atom. The Morgan fingerprint density at radius 2 is 0.810 bits per heavy atom. The highest BCUT2D eigenvalue weighted by Gasteiger charge is 2.39. The van der Waals surface area contributed by atoms with Crippen LogP contribution in [0.3, 0.4) is 0 Å². The third-order valence-corrected chi connectivity index (χ3v) is 17.9. The maximum atomic E-state index is 14.7. The number of benzene rings is 2. The van der Waals surface area contributed by atoms with Crippen molar-refractivity contribution >= 4 is 113 Å². The number of aliphatic hydroxyl groups excluding tert-OH is 1. The van der Waals surface area contributed by atoms with E-state index in [-0.39, 0.29) is 67.0 Å². The second-order valence-electron chi connectivity index (χ2n) is 27.9. The van der Waals surface area contributed by atoms with E-state index >= 15 is 0 Å². The Morgan fingerprint density at radius 3 is 1.26 bits per heavy atom. The van der Waals surface area contributed by atoms with Crippen LogP contribution in [0.25, 0.3) is 0 Å². The molecule has 29 N–H and O–H groups in total. The van der Waals surface area contributed by atoms with Crippen LogP contribution in [0, 0.1) is 11.3 Å². The number of carbonyl (C=O) groups is 18. The molecule has 48 nitrogen and oxygen atoms in total. The number of guanidine groups is 1. The molecule has 0 spiro atoms. The van der Waals surface area contributed by atoms with E-state index in [0.29, 0.717) is 5.56 Å². The molecule has 0 aliphatic heterocycles. The quantitative estimate of drug-likeness (QED) is 0.00977. The normalized spacial score (nSPS) is 14.2. The number of hydrogen-bond donors (Lipinski definition) is 27. The van der Waals surface area contributed by atoms with Gasteiger partial charge < -0.3 is 137 Å². The molecule has 5 rings (SSSR count). The van der Waals surface area contributed by atoms with Crippen LogP contribution in [0.1, 0.15) is 100 Å². The number of amides is 13. The van der Waals surface area contributed by atoms with Gasteiger partial charge in [-0.3, -0.25) is 86.9 Å². The number of carboxylic acids is 5. The number of carboxylic acid groups (broad SMARTS) is 5. The van der Waals surface area contributed by atoms with Crippen molar-refractivity contribution in [3.63, 3.8) is 0 Å². The fraction of sp³-hybridized carbons (Fsp3) is 0.452. The molecule has 48 heteroatoms. The molecule has 2 aromatic carbocycles. The van der Waals surface area contributed by atoms with Gasteiger partial charge in [0.2, 0.25) is 76.8 Å². The summed E-state index contributed by atoms with van der Waals surface area (Å²) >= 11 is 0. The topological polar surface area (TPSA) is 779 Å². The largest absolute Gasteiger partial charge is 0.508 e. The van der Waals surface area contributed by atoms with Crippen LogP contribution in [0.2, 0.25) is 0 Å². The molecule has 0 aliphatic rings. The third kappa shape index (κ3) is 34.7. The fourth-order valence-corrected chi connectivity index (χ4v) is 11.5. The van der Waals surface area contributed by atoms with Gasteiger partial charge in [-0.1, -0.05) is 56.3 Å². The summed E-state index contributed by atoms with van der Waals surface area (Å²) in [6, 6.07) is -9.48. The Bertz CT molecular complexity index is 4400. The lowest BCUT2D eigenvalue weighted by Gasteiger charge is -2.28. The minimum atomic E-state index is -2.17. The van der Waals surface area contributed by atoms with Crippen molar-refractivity contribution in [1.82, 2.24) is 104 Å². The van der Waals surface area contributed by atoms with Gasteiger partial charge in [-0.2, -0.15) is 0 Å². The van der Waals surface area contributed by atoms with Crippen molar-refractivity contribution in [1.29, 1.82) is 5.41 Å². The summed E-state index contributed by atoms with van der Waals surface area (Å²) in [5.74, 6) is -24.2. The maximum absolute atomic E-state index is 14.7. The van der Waals surface area contributed by atoms with E-state index < -0.39 is 262 Å². The van der Waals surface area contributed by atoms with Gasteiger partial charge in [0.15, 0.2) is 5.96 Å². The van der Waals surface area contributed by atoms with Gasteiger partial charge >= 0.3 is 29.8 Å². The van der Waals surface area contributed by atoms with Crippen molar-refractivity contribution in [2.24, 2.45) is 17.4 Å². The number of nitrogens with one attached hydrogen (secondary N) is 18. The standard InChI is InChI=1S/C73H99N23O25/c1-35(2)59(71(119)93-50(23-40-28-78-33-83-40)69(117)94-52(72(120)121)24-41-29-79-34-84-41)96-65(113)46(16-18-56(102)103)89-66(114)47(21-38-11-13-42(98)14-12-38)86-54(99)30-81-62(110)53(31-97)95-70(118)51(26-58(106)107)92-68(116)49(22-39-27-77-32-82-39)91-63(111)44(10-7-19-80-73(75)76)88-67(115)48(20-37-8-5-4-6-9-37)90-64(112)45(15-17-55(100)101)87-60(108)36(3)85-61(109)43(74)25-57(104)105/h4-6,8-9,11-14,27-29,32-36,43-53,59,97-98H,7,10,15-26,30-31,74H2,1-3H3,(H,77,82)(H,78,83)(H,79,84)(H,81,110)(H,85,109)(H,86,99)(H,87,108)(H,88,115)(H,89,114)(H,90,112)(H,91,111)(H,92,116)(H,93,119)(H,94,117)(H,95,118)(H,96,113)(H,100,101)(H,102,103)(H,104,105)(H,106,107)(H,120,121)(H4,75,76,80)/t36-,43-,44-,45-,46-,47-,48-,49-,50-,51-,52-,53-,59-/m0/s1. The summed E-state index contributed by atoms with van der Waals surface area (Å²) in [5.41, 5.74) is 12.3. The first-order valence-electron chi connectivity index (χ1n) is 37.5. The van der Waals surface area contributed by atoms with Gasteiger partial charge in [0.05, 0.1) is 68.1 Å². The lowest BCUT2D eigenvalue weighted by atomic mass is 10.00. The lowest BCUT2D eigenvalue weighted by molar-refractivity contribution is -0.142. The smallest absolute Gasteiger partial charge is 0.326 e. The number of aliphatic carboxylic acids is 5. The van der Waals surface area contributed by atoms with E-state index in [4.69, 9.17) is 22.0 Å². The number of nitrogens with two attached hydrogens (primary N) is 2. The second-order valence-corrected chi connectivity index (χ2v) is 27.9. The predicted molar refractivity (Wildman–Crippen MR) is 416 cm³/mol. The summed E-state index contributed by atoms with van der Waals surface area (Å²) in [6.07, 6.45) is 0.700. The van der Waals surface area contributed by atoms with Gasteiger partial charge in [-0.25, -0.2) is 19.7 Å². The number of aromatic nitrogens is 6. The first kappa shape index (κ1) is 97.1. The Hall–Kier alpha value is -14.5. The first-order valence-corrected chi connectivity index (χ1v) is 37.5. The number of phenolic OH excluding ortho intramolecular Hbond substituents is 1. The zero-order valence-corrected chi connectivity index (χ0v) is 65.5. The van der Waals surface area contributed by atoms with Gasteiger partial charge in [0, 0.05) is 70.1 Å². The van der Waals surface area contributed by atoms with Crippen LogP contribution < -0.4 is 85.9 Å². The molecular weight excluding hydrogens is 1600 g/mol. The van der Waals surface area contributed by atoms with E-state index in [1.165, 1.54) is 75.7 Å². The second kappa shape index (κ2) is 48.9. The number of aromatic hydroxyl groups is 1. The minimum Gasteiger partial charge on any atom is -0.508 e. The SMILES string of the molecule is CC(C)[C@H](NC(=O)[C@H](CCC(=O)O)NC(=O)[C@H](Cc1ccc(O)cc1)NC(=O)CNC(=O)[C@H](CO)NC(=O)[C@H](CC(=O)O)NC(=O)[C@H](Cc1c[nH]cn1)NC(=O)[C@H](CCCNC(=N)N)NC(=O)[C@H](Cc1ccccc1)NC(=O)[C@H](CCC(=O)O)NC(=O)[C@H](C)NC(=O)[C@@H](N)CC(=O)O)C(=O)N[C@@H](Cc1c[nH]cn1)C(=O)N[C@@H](Cc1c[nH]cn1)C(=O)O. The van der Waals surface area contributed by atoms with Gasteiger partial charge in [-0.15, -0.1) is 0 Å². The Kier molecular flexibility index (Phi) is 39.2. The molecule has 656 valence electrons. The van der Waals surface area contributed by atoms with Crippen molar-refractivity contribution < 1.29 is 122 Å². The zero-order chi connectivity index (χ0) is 89.6. The monoisotopic (exact) mass is 1700 g/mol. The van der Waals surface area contributed by atoms with Crippen LogP contribution in [-0.4, -0.2) is 276 Å². The molecule has 0 bridgehead atoms. The maximum Gasteiger partial charge on any atom is 0.326 e. The predicted octanol–water partition coefficient (Wildman–Crippen LogP) is -7.97. The molecule has 0 fully saturated rings. The number of aliphatic hydroxyl groups is 1. The van der Waals surface area contributed by atoms with Crippen molar-refractivity contribution in [2.75, 3.05) is 19.7 Å². The van der Waals surface area contributed by atoms with E-state index in [9.17, 15) is 117 Å². The average molecular weight is 1700 g/mol. The zero-order valence-electron chi connectivity index (χ0n) is 65.5. The van der Waals surface area contributed by atoms with Crippen LogP contribution in [0.5, 0.6) is 5.75 Å². The van der Waals surface area contributed by atoms with E-state index in [1.54, 1.807) is 30.3 Å². The van der Waals surface area contributed by atoms with E-state index in [1.807, 2.05) is 0 Å². The van der Waals surface area contributed by atoms with E-state index in [0.717, 1.165) is 6.92 Å². The van der Waals surface area contributed by atoms with Gasteiger partial charge in [-0.05, 0) is 61.8 Å². The molecule has 0 unspecified atom stereocenters. The molecule has 3 aromatic heterocycles. The molecule has 0 radical (unpaired) electrons. The molecule has 0 saturated heterocycles. The van der Waals surface area contributed by atoms with Gasteiger partial charge in [0.25, 0.3) is 0 Å². The minimum absolute atomic E-state index is 0.0623. The van der Waals surface area contributed by atoms with Crippen LogP contribution in [0.15, 0.2) is 92.2 Å². The summed E-state index contributed by atoms with van der Waals surface area (Å²) in [6.45, 7) is 1.67. The number of nitrogens with zero attached hydrogens (tertiary/aromatic N) is 3. The highest BCUT2D eigenvalue weighted by molar-refractivity contribution is 6.01. The van der Waals surface area contributed by atoms with Crippen molar-refractivity contribution in [3.8, 4) is 5.75 Å². The highest BCUT2D eigenvalue weighted by Crippen LogP contribution is 2.16. The summed E-state index contributed by atoms with van der Waals surface area (Å²) in [7, 11) is 0. The average Bonchev–Trinajstić information content (AvgIpc) is 1.75. The number of phenols is 1. The number of H-pyrrole nitrogens is 3. The fourth-order valence-electron chi connectivity index (χ4n) is 11.5. The van der Waals surface area contributed by atoms with Gasteiger partial charge in [0.1, 0.15) is 78.3 Å². The number of carbonyl (C=O) groups excluding carboxylic acids is 13. The van der Waals surface area contributed by atoms with Crippen LogP contribution in [-0.2, 0) is 118 Å². The first-order chi connectivity index (χ1) is 57.3. The van der Waals surface area contributed by atoms with Crippen molar-refractivity contribution in [3.05, 3.63) is 120 Å². The summed E-state index contributed by atoms with van der Waals surface area (Å²) in [5, 5.41) is 109. The molecule has 13 atom stereocenters. The lowest BCUT2D eigenvalue weighted by Crippen LogP contribution is -2.61. The third-order valence-electron chi connectivity index (χ3n) is 17.9. The summed E-state index contributed by atoms with van der Waals surface area (Å²) < 4.78 is 0. The molecule has 3 heterocycles. The number of hydrogen-bond acceptors (Lipinski definition) is 25. The molecule has 0 saturated carbocycles. The molecule has 0 aliphatic carbocycles. The molecule has 13 amide bonds. The molecule has 121 heavy (non-hydrogen) atoms. The van der Waals surface area contributed by atoms with E-state index in [2.05, 4.69) is 104 Å². The summed E-state index contributed by atoms with van der Waals surface area (Å²) in [4.78, 5) is 262. The number of imidazole rings is 3. The van der Waals surface area contributed by atoms with Crippen LogP contribution >= 0.6 is 0 Å². The Balaban J connectivity index is 1.34. The van der Waals surface area contributed by atoms with Crippen molar-refractivity contribution in [2.45, 2.75) is 183 Å².